The van der Waals surface area contributed by atoms with Crippen molar-refractivity contribution in [2.75, 3.05) is 14.1 Å². The summed E-state index contributed by atoms with van der Waals surface area (Å²) in [5, 5.41) is 11.5. The van der Waals surface area contributed by atoms with E-state index in [1.807, 2.05) is 25.6 Å². The van der Waals surface area contributed by atoms with Gasteiger partial charge in [0.15, 0.2) is 11.8 Å². The van der Waals surface area contributed by atoms with E-state index in [1.165, 1.54) is 11.1 Å². The van der Waals surface area contributed by atoms with Crippen LogP contribution in [0.1, 0.15) is 22.8 Å². The molecule has 1 aromatic heterocycles. The molecule has 0 bridgehead atoms. The van der Waals surface area contributed by atoms with Gasteiger partial charge < -0.3 is 14.8 Å². The molecule has 2 rings (SSSR count). The van der Waals surface area contributed by atoms with E-state index in [1.54, 1.807) is 7.05 Å². The second-order valence-corrected chi connectivity index (χ2v) is 5.46. The highest BCUT2D eigenvalue weighted by Crippen LogP contribution is 2.06. The third-order valence-corrected chi connectivity index (χ3v) is 3.70. The average molecular weight is 428 g/mol. The molecule has 23 heavy (non-hydrogen) atoms. The monoisotopic (exact) mass is 428 g/mol. The molecule has 0 aliphatic rings. The van der Waals surface area contributed by atoms with E-state index in [-0.39, 0.29) is 24.0 Å². The Balaban J connectivity index is 0.00000264. The molecule has 0 saturated heterocycles. The maximum absolute atomic E-state index is 4.33. The number of aliphatic imine (C=N–C) groups is 1. The van der Waals surface area contributed by atoms with Gasteiger partial charge in [-0.2, -0.15) is 0 Å². The first-order chi connectivity index (χ1) is 10.5. The zero-order valence-electron chi connectivity index (χ0n) is 14.4. The predicted octanol–water partition coefficient (Wildman–Crippen LogP) is 2.26. The van der Waals surface area contributed by atoms with Crippen LogP contribution in [0.15, 0.2) is 29.3 Å². The topological polar surface area (TPSA) is 58.3 Å². The molecular weight excluding hydrogens is 403 g/mol. The molecule has 126 valence electrons. The van der Waals surface area contributed by atoms with Gasteiger partial charge in [-0.05, 0) is 19.4 Å². The van der Waals surface area contributed by atoms with Gasteiger partial charge in [-0.3, -0.25) is 4.99 Å². The maximum Gasteiger partial charge on any atom is 0.194 e. The van der Waals surface area contributed by atoms with Gasteiger partial charge in [0, 0.05) is 27.7 Å². The molecule has 1 heterocycles. The van der Waals surface area contributed by atoms with Crippen LogP contribution < -0.4 is 5.32 Å². The van der Waals surface area contributed by atoms with Crippen molar-refractivity contribution in [3.63, 3.8) is 0 Å². The Labute approximate surface area is 155 Å². The molecule has 0 aliphatic carbocycles. The lowest BCUT2D eigenvalue weighted by Gasteiger charge is -2.22. The van der Waals surface area contributed by atoms with Crippen LogP contribution >= 0.6 is 24.0 Å². The lowest BCUT2D eigenvalue weighted by molar-refractivity contribution is 0.474. The van der Waals surface area contributed by atoms with Gasteiger partial charge in [0.05, 0.1) is 6.54 Å². The van der Waals surface area contributed by atoms with Crippen molar-refractivity contribution in [1.82, 2.24) is 25.0 Å². The Bertz CT molecular complexity index is 647. The van der Waals surface area contributed by atoms with Gasteiger partial charge in [0.2, 0.25) is 0 Å². The Morgan fingerprint density at radius 1 is 1.22 bits per heavy atom. The molecule has 1 N–H and O–H groups in total. The third-order valence-electron chi connectivity index (χ3n) is 3.70. The van der Waals surface area contributed by atoms with Gasteiger partial charge in [-0.25, -0.2) is 0 Å². The quantitative estimate of drug-likeness (QED) is 0.461. The van der Waals surface area contributed by atoms with Gasteiger partial charge in [0.25, 0.3) is 0 Å². The number of rotatable bonds is 4. The first kappa shape index (κ1) is 19.4. The highest BCUT2D eigenvalue weighted by Gasteiger charge is 2.09. The number of halogens is 1. The largest absolute Gasteiger partial charge is 0.349 e. The fourth-order valence-corrected chi connectivity index (χ4v) is 2.19. The fraction of sp³-hybridized carbons (Fsp3) is 0.438. The van der Waals surface area contributed by atoms with Crippen LogP contribution in [-0.2, 0) is 20.1 Å². The SMILES string of the molecule is CN=C(NCc1nnc(C)n1C)N(C)Cc1ccc(C)cc1.I. The van der Waals surface area contributed by atoms with E-state index < -0.39 is 0 Å². The second-order valence-electron chi connectivity index (χ2n) is 5.46. The van der Waals surface area contributed by atoms with Crippen molar-refractivity contribution in [3.05, 3.63) is 47.0 Å². The van der Waals surface area contributed by atoms with Gasteiger partial charge in [-0.1, -0.05) is 29.8 Å². The van der Waals surface area contributed by atoms with Crippen molar-refractivity contribution < 1.29 is 0 Å². The summed E-state index contributed by atoms with van der Waals surface area (Å²) in [6.07, 6.45) is 0. The average Bonchev–Trinajstić information content (AvgIpc) is 2.82. The summed E-state index contributed by atoms with van der Waals surface area (Å²) in [6, 6.07) is 8.54. The molecule has 0 radical (unpaired) electrons. The summed E-state index contributed by atoms with van der Waals surface area (Å²) < 4.78 is 1.97. The van der Waals surface area contributed by atoms with E-state index in [0.29, 0.717) is 6.54 Å². The minimum absolute atomic E-state index is 0. The lowest BCUT2D eigenvalue weighted by atomic mass is 10.1. The molecule has 6 nitrogen and oxygen atoms in total. The van der Waals surface area contributed by atoms with Crippen molar-refractivity contribution in [3.8, 4) is 0 Å². The van der Waals surface area contributed by atoms with Crippen molar-refractivity contribution in [2.45, 2.75) is 26.9 Å². The molecule has 0 saturated carbocycles. The van der Waals surface area contributed by atoms with Gasteiger partial charge in [-0.15, -0.1) is 34.2 Å². The van der Waals surface area contributed by atoms with Crippen LogP contribution in [0.25, 0.3) is 0 Å². The molecule has 1 aromatic carbocycles. The molecule has 0 amide bonds. The predicted molar refractivity (Wildman–Crippen MR) is 104 cm³/mol. The van der Waals surface area contributed by atoms with Gasteiger partial charge in [0.1, 0.15) is 5.82 Å². The lowest BCUT2D eigenvalue weighted by Crippen LogP contribution is -2.38. The highest BCUT2D eigenvalue weighted by atomic mass is 127. The van der Waals surface area contributed by atoms with Crippen LogP contribution in [0.3, 0.4) is 0 Å². The van der Waals surface area contributed by atoms with Crippen LogP contribution in [0.4, 0.5) is 0 Å². The second kappa shape index (κ2) is 8.85. The van der Waals surface area contributed by atoms with E-state index in [0.717, 1.165) is 24.2 Å². The molecule has 0 spiro atoms. The summed E-state index contributed by atoms with van der Waals surface area (Å²) in [6.45, 7) is 5.44. The van der Waals surface area contributed by atoms with E-state index >= 15 is 0 Å². The number of nitrogens with zero attached hydrogens (tertiary/aromatic N) is 5. The number of guanidine groups is 1. The molecule has 0 fully saturated rings. The first-order valence-corrected chi connectivity index (χ1v) is 7.33. The zero-order chi connectivity index (χ0) is 16.1. The molecule has 0 aliphatic heterocycles. The number of hydrogen-bond acceptors (Lipinski definition) is 3. The van der Waals surface area contributed by atoms with Crippen LogP contribution in [0.2, 0.25) is 0 Å². The Morgan fingerprint density at radius 3 is 2.39 bits per heavy atom. The Kier molecular flexibility index (Phi) is 7.47. The summed E-state index contributed by atoms with van der Waals surface area (Å²) in [5.41, 5.74) is 2.53. The molecule has 7 heteroatoms. The van der Waals surface area contributed by atoms with E-state index in [2.05, 4.69) is 56.6 Å². The smallest absolute Gasteiger partial charge is 0.194 e. The molecule has 0 atom stereocenters. The number of benzene rings is 1. The molecular formula is C16H25IN6. The zero-order valence-corrected chi connectivity index (χ0v) is 16.7. The van der Waals surface area contributed by atoms with Gasteiger partial charge >= 0.3 is 0 Å². The summed E-state index contributed by atoms with van der Waals surface area (Å²) in [4.78, 5) is 6.42. The number of aromatic nitrogens is 3. The van der Waals surface area contributed by atoms with E-state index in [4.69, 9.17) is 0 Å². The van der Waals surface area contributed by atoms with Crippen molar-refractivity contribution in [1.29, 1.82) is 0 Å². The standard InChI is InChI=1S/C16H24N6.HI/c1-12-6-8-14(9-7-12)11-21(4)16(17-3)18-10-15-20-19-13(2)22(15)5;/h6-9H,10-11H2,1-5H3,(H,17,18);1H. The maximum atomic E-state index is 4.33. The number of nitrogens with one attached hydrogen (secondary N) is 1. The Morgan fingerprint density at radius 2 is 1.87 bits per heavy atom. The normalized spacial score (nSPS) is 11.1. The van der Waals surface area contributed by atoms with Crippen LogP contribution in [0, 0.1) is 13.8 Å². The summed E-state index contributed by atoms with van der Waals surface area (Å²) >= 11 is 0. The van der Waals surface area contributed by atoms with Crippen LogP contribution in [0.5, 0.6) is 0 Å². The minimum atomic E-state index is 0. The van der Waals surface area contributed by atoms with Crippen molar-refractivity contribution in [2.24, 2.45) is 12.0 Å². The highest BCUT2D eigenvalue weighted by molar-refractivity contribution is 14.0. The molecule has 2 aromatic rings. The molecule has 0 unspecified atom stereocenters. The summed E-state index contributed by atoms with van der Waals surface area (Å²) in [7, 11) is 5.78. The number of hydrogen-bond donors (Lipinski definition) is 1. The van der Waals surface area contributed by atoms with Crippen LogP contribution in [-0.4, -0.2) is 39.7 Å². The fourth-order valence-electron chi connectivity index (χ4n) is 2.19. The first-order valence-electron chi connectivity index (χ1n) is 7.33. The third kappa shape index (κ3) is 5.19. The number of aryl methyl sites for hydroxylation is 2. The van der Waals surface area contributed by atoms with E-state index in [9.17, 15) is 0 Å². The summed E-state index contributed by atoms with van der Waals surface area (Å²) in [5.74, 6) is 2.63. The minimum Gasteiger partial charge on any atom is -0.349 e. The Hall–Kier alpha value is -1.64. The van der Waals surface area contributed by atoms with Crippen molar-refractivity contribution >= 4 is 29.9 Å².